The van der Waals surface area contributed by atoms with Crippen LogP contribution in [0.15, 0.2) is 6.07 Å². The third-order valence-electron chi connectivity index (χ3n) is 3.63. The molecule has 0 unspecified atom stereocenters. The molecule has 1 aliphatic heterocycles. The SMILES string of the molecule is CCCN1Cc2c(OC)cc(O)c(CCCO)c2C1=O. The van der Waals surface area contributed by atoms with E-state index in [0.717, 1.165) is 12.0 Å². The molecule has 1 amide bonds. The summed E-state index contributed by atoms with van der Waals surface area (Å²) in [7, 11) is 1.54. The monoisotopic (exact) mass is 279 g/mol. The second kappa shape index (κ2) is 6.13. The number of nitrogens with zero attached hydrogens (tertiary/aromatic N) is 1. The minimum absolute atomic E-state index is 0.0348. The van der Waals surface area contributed by atoms with Crippen molar-refractivity contribution in [1.82, 2.24) is 4.90 Å². The van der Waals surface area contributed by atoms with E-state index in [9.17, 15) is 9.90 Å². The molecule has 0 aromatic heterocycles. The Morgan fingerprint density at radius 3 is 2.80 bits per heavy atom. The molecule has 0 fully saturated rings. The molecule has 1 aromatic carbocycles. The van der Waals surface area contributed by atoms with Gasteiger partial charge in [0.05, 0.1) is 19.2 Å². The van der Waals surface area contributed by atoms with Crippen LogP contribution in [0, 0.1) is 0 Å². The van der Waals surface area contributed by atoms with Gasteiger partial charge in [-0.1, -0.05) is 6.92 Å². The van der Waals surface area contributed by atoms with E-state index < -0.39 is 0 Å². The fourth-order valence-electron chi connectivity index (χ4n) is 2.71. The smallest absolute Gasteiger partial charge is 0.255 e. The molecule has 0 radical (unpaired) electrons. The molecule has 0 saturated heterocycles. The fourth-order valence-corrected chi connectivity index (χ4v) is 2.71. The maximum Gasteiger partial charge on any atom is 0.255 e. The zero-order valence-electron chi connectivity index (χ0n) is 12.0. The van der Waals surface area contributed by atoms with E-state index in [1.807, 2.05) is 6.92 Å². The van der Waals surface area contributed by atoms with E-state index in [0.29, 0.717) is 42.8 Å². The van der Waals surface area contributed by atoms with Crippen molar-refractivity contribution >= 4 is 5.91 Å². The number of phenols is 1. The van der Waals surface area contributed by atoms with Crippen molar-refractivity contribution in [1.29, 1.82) is 0 Å². The quantitative estimate of drug-likeness (QED) is 0.831. The Labute approximate surface area is 118 Å². The van der Waals surface area contributed by atoms with Gasteiger partial charge in [0.25, 0.3) is 5.91 Å². The van der Waals surface area contributed by atoms with Gasteiger partial charge >= 0.3 is 0 Å². The molecule has 0 bridgehead atoms. The first-order chi connectivity index (χ1) is 9.63. The predicted molar refractivity (Wildman–Crippen MR) is 75.1 cm³/mol. The molecule has 2 N–H and O–H groups in total. The molecule has 5 heteroatoms. The highest BCUT2D eigenvalue weighted by Gasteiger charge is 2.33. The van der Waals surface area contributed by atoms with Gasteiger partial charge in [-0.15, -0.1) is 0 Å². The van der Waals surface area contributed by atoms with Crippen molar-refractivity contribution in [2.24, 2.45) is 0 Å². The van der Waals surface area contributed by atoms with Crippen LogP contribution in [0.3, 0.4) is 0 Å². The van der Waals surface area contributed by atoms with Gasteiger partial charge in [0.2, 0.25) is 0 Å². The standard InChI is InChI=1S/C15H21NO4/c1-3-6-16-9-11-13(20-2)8-12(18)10(5-4-7-17)14(11)15(16)19/h8,17-18H,3-7,9H2,1-2H3. The molecular formula is C15H21NO4. The molecule has 1 aliphatic rings. The Morgan fingerprint density at radius 2 is 2.20 bits per heavy atom. The summed E-state index contributed by atoms with van der Waals surface area (Å²) in [6.45, 7) is 3.28. The number of rotatable bonds is 6. The van der Waals surface area contributed by atoms with Crippen LogP contribution >= 0.6 is 0 Å². The average Bonchev–Trinajstić information content (AvgIpc) is 2.76. The largest absolute Gasteiger partial charge is 0.508 e. The van der Waals surface area contributed by atoms with Gasteiger partial charge in [-0.25, -0.2) is 0 Å². The Hall–Kier alpha value is -1.75. The fraction of sp³-hybridized carbons (Fsp3) is 0.533. The number of methoxy groups -OCH3 is 1. The number of aromatic hydroxyl groups is 1. The lowest BCUT2D eigenvalue weighted by molar-refractivity contribution is 0.0777. The van der Waals surface area contributed by atoms with E-state index in [1.165, 1.54) is 7.11 Å². The van der Waals surface area contributed by atoms with Gasteiger partial charge < -0.3 is 19.8 Å². The van der Waals surface area contributed by atoms with Crippen LogP contribution < -0.4 is 4.74 Å². The molecule has 0 atom stereocenters. The van der Waals surface area contributed by atoms with Crippen LogP contribution in [0.25, 0.3) is 0 Å². The minimum atomic E-state index is -0.0519. The molecule has 20 heavy (non-hydrogen) atoms. The second-order valence-corrected chi connectivity index (χ2v) is 4.98. The molecular weight excluding hydrogens is 258 g/mol. The van der Waals surface area contributed by atoms with Crippen molar-refractivity contribution in [3.63, 3.8) is 0 Å². The van der Waals surface area contributed by atoms with Crippen molar-refractivity contribution in [3.8, 4) is 11.5 Å². The van der Waals surface area contributed by atoms with E-state index in [1.54, 1.807) is 11.0 Å². The van der Waals surface area contributed by atoms with Crippen LogP contribution in [-0.2, 0) is 13.0 Å². The summed E-state index contributed by atoms with van der Waals surface area (Å²) < 4.78 is 5.28. The highest BCUT2D eigenvalue weighted by atomic mass is 16.5. The average molecular weight is 279 g/mol. The van der Waals surface area contributed by atoms with Gasteiger partial charge in [-0.3, -0.25) is 4.79 Å². The number of ether oxygens (including phenoxy) is 1. The number of benzene rings is 1. The molecule has 1 heterocycles. The summed E-state index contributed by atoms with van der Waals surface area (Å²) in [5.74, 6) is 0.571. The molecule has 0 aliphatic carbocycles. The number of carbonyl (C=O) groups excluding carboxylic acids is 1. The van der Waals surface area contributed by atoms with Gasteiger partial charge in [0.15, 0.2) is 0 Å². The van der Waals surface area contributed by atoms with Gasteiger partial charge in [0.1, 0.15) is 11.5 Å². The summed E-state index contributed by atoms with van der Waals surface area (Å²) in [6, 6.07) is 1.56. The lowest BCUT2D eigenvalue weighted by atomic mass is 9.97. The van der Waals surface area contributed by atoms with Crippen molar-refractivity contribution in [3.05, 3.63) is 22.8 Å². The molecule has 0 spiro atoms. The van der Waals surface area contributed by atoms with E-state index in [-0.39, 0.29) is 18.3 Å². The summed E-state index contributed by atoms with van der Waals surface area (Å²) in [4.78, 5) is 14.3. The summed E-state index contributed by atoms with van der Waals surface area (Å²) in [5.41, 5.74) is 2.03. The zero-order chi connectivity index (χ0) is 14.7. The lowest BCUT2D eigenvalue weighted by Gasteiger charge is -2.14. The van der Waals surface area contributed by atoms with E-state index in [4.69, 9.17) is 9.84 Å². The number of hydrogen-bond donors (Lipinski definition) is 2. The predicted octanol–water partition coefficient (Wildman–Crippen LogP) is 1.69. The van der Waals surface area contributed by atoms with Crippen LogP contribution in [-0.4, -0.2) is 41.3 Å². The number of phenolic OH excluding ortho intramolecular Hbond substituents is 1. The Morgan fingerprint density at radius 1 is 1.45 bits per heavy atom. The highest BCUT2D eigenvalue weighted by Crippen LogP contribution is 2.39. The zero-order valence-corrected chi connectivity index (χ0v) is 12.0. The normalized spacial score (nSPS) is 13.8. The van der Waals surface area contributed by atoms with Gasteiger partial charge in [-0.2, -0.15) is 0 Å². The Kier molecular flexibility index (Phi) is 4.49. The highest BCUT2D eigenvalue weighted by molar-refractivity contribution is 6.01. The number of aliphatic hydroxyl groups is 1. The number of carbonyl (C=O) groups is 1. The lowest BCUT2D eigenvalue weighted by Crippen LogP contribution is -2.24. The van der Waals surface area contributed by atoms with Crippen molar-refractivity contribution < 1.29 is 19.7 Å². The van der Waals surface area contributed by atoms with Crippen LogP contribution in [0.1, 0.15) is 41.3 Å². The molecule has 1 aromatic rings. The molecule has 2 rings (SSSR count). The van der Waals surface area contributed by atoms with Crippen LogP contribution in [0.4, 0.5) is 0 Å². The van der Waals surface area contributed by atoms with Crippen molar-refractivity contribution in [2.75, 3.05) is 20.3 Å². The Balaban J connectivity index is 2.48. The first-order valence-electron chi connectivity index (χ1n) is 6.95. The van der Waals surface area contributed by atoms with Gasteiger partial charge in [0, 0.05) is 30.3 Å². The molecule has 110 valence electrons. The maximum absolute atomic E-state index is 12.5. The first kappa shape index (κ1) is 14.7. The number of fused-ring (bicyclic) bond motifs is 1. The van der Waals surface area contributed by atoms with E-state index in [2.05, 4.69) is 0 Å². The summed E-state index contributed by atoms with van der Waals surface area (Å²) >= 11 is 0. The second-order valence-electron chi connectivity index (χ2n) is 4.98. The molecule has 0 saturated carbocycles. The molecule has 5 nitrogen and oxygen atoms in total. The summed E-state index contributed by atoms with van der Waals surface area (Å²) in [5, 5.41) is 19.1. The third kappa shape index (κ3) is 2.45. The first-order valence-corrected chi connectivity index (χ1v) is 6.95. The minimum Gasteiger partial charge on any atom is -0.508 e. The summed E-state index contributed by atoms with van der Waals surface area (Å²) in [6.07, 6.45) is 1.90. The van der Waals surface area contributed by atoms with Gasteiger partial charge in [-0.05, 0) is 19.3 Å². The van der Waals surface area contributed by atoms with Crippen LogP contribution in [0.5, 0.6) is 11.5 Å². The van der Waals surface area contributed by atoms with Crippen LogP contribution in [0.2, 0.25) is 0 Å². The Bertz CT molecular complexity index is 513. The number of hydrogen-bond acceptors (Lipinski definition) is 4. The topological polar surface area (TPSA) is 70.0 Å². The maximum atomic E-state index is 12.5. The third-order valence-corrected chi connectivity index (χ3v) is 3.63. The van der Waals surface area contributed by atoms with E-state index >= 15 is 0 Å². The number of amides is 1. The number of aliphatic hydroxyl groups excluding tert-OH is 1. The van der Waals surface area contributed by atoms with Crippen molar-refractivity contribution in [2.45, 2.75) is 32.7 Å².